The summed E-state index contributed by atoms with van der Waals surface area (Å²) in [7, 11) is 0. The number of carbonyl (C=O) groups is 1. The third-order valence-corrected chi connectivity index (χ3v) is 5.03. The summed E-state index contributed by atoms with van der Waals surface area (Å²) < 4.78 is 0. The number of benzene rings is 1. The van der Waals surface area contributed by atoms with Gasteiger partial charge in [0.1, 0.15) is 0 Å². The molecule has 1 aliphatic carbocycles. The molecule has 0 saturated carbocycles. The van der Waals surface area contributed by atoms with Crippen LogP contribution < -0.4 is 0 Å². The summed E-state index contributed by atoms with van der Waals surface area (Å²) >= 11 is 1.58. The van der Waals surface area contributed by atoms with E-state index in [2.05, 4.69) is 12.1 Å². The van der Waals surface area contributed by atoms with Gasteiger partial charge in [-0.15, -0.1) is 11.3 Å². The van der Waals surface area contributed by atoms with Crippen LogP contribution in [0.5, 0.6) is 0 Å². The molecular formula is C18H18O2S. The maximum Gasteiger partial charge on any atom is 0.336 e. The molecule has 0 amide bonds. The van der Waals surface area contributed by atoms with Crippen molar-refractivity contribution in [2.75, 3.05) is 0 Å². The first-order valence-electron chi connectivity index (χ1n) is 7.26. The van der Waals surface area contributed by atoms with Crippen molar-refractivity contribution in [3.05, 3.63) is 56.8 Å². The third-order valence-electron chi connectivity index (χ3n) is 4.07. The van der Waals surface area contributed by atoms with Crippen LogP contribution in [0.3, 0.4) is 0 Å². The molecule has 0 radical (unpaired) electrons. The normalized spacial score (nSPS) is 14.8. The Morgan fingerprint density at radius 2 is 1.95 bits per heavy atom. The molecule has 3 rings (SSSR count). The van der Waals surface area contributed by atoms with Gasteiger partial charge in [-0.2, -0.15) is 0 Å². The highest BCUT2D eigenvalue weighted by Gasteiger charge is 2.15. The van der Waals surface area contributed by atoms with E-state index < -0.39 is 5.97 Å². The fraction of sp³-hybridized carbons (Fsp3) is 0.278. The van der Waals surface area contributed by atoms with Gasteiger partial charge in [0.05, 0.1) is 5.57 Å². The van der Waals surface area contributed by atoms with Crippen molar-refractivity contribution in [1.82, 2.24) is 0 Å². The molecule has 0 bridgehead atoms. The number of aryl methyl sites for hydroxylation is 3. The molecule has 1 aromatic heterocycles. The van der Waals surface area contributed by atoms with Gasteiger partial charge in [0, 0.05) is 4.88 Å². The van der Waals surface area contributed by atoms with Gasteiger partial charge in [0.15, 0.2) is 0 Å². The summed E-state index contributed by atoms with van der Waals surface area (Å²) in [6.07, 6.45) is 6.42. The second kappa shape index (κ2) is 5.86. The summed E-state index contributed by atoms with van der Waals surface area (Å²) in [5.41, 5.74) is 5.01. The maximum absolute atomic E-state index is 11.6. The monoisotopic (exact) mass is 298 g/mol. The summed E-state index contributed by atoms with van der Waals surface area (Å²) in [5.74, 6) is -0.862. The Hall–Kier alpha value is -1.87. The van der Waals surface area contributed by atoms with Gasteiger partial charge in [-0.1, -0.05) is 18.2 Å². The summed E-state index contributed by atoms with van der Waals surface area (Å²) in [6.45, 7) is 2.01. The number of thiophene rings is 1. The average molecular weight is 298 g/mol. The predicted octanol–water partition coefficient (Wildman–Crippen LogP) is 4.56. The van der Waals surface area contributed by atoms with Crippen LogP contribution in [0.1, 0.15) is 40.0 Å². The Morgan fingerprint density at radius 1 is 1.19 bits per heavy atom. The number of hydrogen-bond donors (Lipinski definition) is 1. The van der Waals surface area contributed by atoms with E-state index >= 15 is 0 Å². The molecule has 1 aliphatic rings. The van der Waals surface area contributed by atoms with E-state index in [1.54, 1.807) is 17.4 Å². The second-order valence-electron chi connectivity index (χ2n) is 5.52. The van der Waals surface area contributed by atoms with Crippen LogP contribution in [0, 0.1) is 6.92 Å². The SMILES string of the molecule is Cc1ccsc1/C=C(\C(=O)O)c1ccc2c(c1)CCCC2. The molecular weight excluding hydrogens is 280 g/mol. The molecule has 3 heteroatoms. The first-order valence-corrected chi connectivity index (χ1v) is 8.14. The zero-order chi connectivity index (χ0) is 14.8. The van der Waals surface area contributed by atoms with Gasteiger partial charge in [0.2, 0.25) is 0 Å². The minimum absolute atomic E-state index is 0.383. The Kier molecular flexibility index (Phi) is 3.93. The molecule has 2 nitrogen and oxygen atoms in total. The van der Waals surface area contributed by atoms with Gasteiger partial charge in [-0.3, -0.25) is 0 Å². The van der Waals surface area contributed by atoms with Crippen LogP contribution >= 0.6 is 11.3 Å². The molecule has 0 aliphatic heterocycles. The molecule has 21 heavy (non-hydrogen) atoms. The highest BCUT2D eigenvalue weighted by Crippen LogP contribution is 2.28. The van der Waals surface area contributed by atoms with Crippen molar-refractivity contribution in [2.45, 2.75) is 32.6 Å². The van der Waals surface area contributed by atoms with Crippen LogP contribution in [0.2, 0.25) is 0 Å². The average Bonchev–Trinajstić information content (AvgIpc) is 2.89. The van der Waals surface area contributed by atoms with E-state index in [4.69, 9.17) is 0 Å². The number of aliphatic carboxylic acids is 1. The first-order chi connectivity index (χ1) is 10.1. The number of fused-ring (bicyclic) bond motifs is 1. The molecule has 0 atom stereocenters. The number of rotatable bonds is 3. The number of hydrogen-bond acceptors (Lipinski definition) is 2. The minimum Gasteiger partial charge on any atom is -0.478 e. The molecule has 1 heterocycles. The van der Waals surface area contributed by atoms with E-state index in [1.807, 2.05) is 24.4 Å². The number of carboxylic acids is 1. The maximum atomic E-state index is 11.6. The largest absolute Gasteiger partial charge is 0.478 e. The molecule has 0 spiro atoms. The van der Waals surface area contributed by atoms with E-state index in [-0.39, 0.29) is 0 Å². The molecule has 1 N–H and O–H groups in total. The fourth-order valence-corrected chi connectivity index (χ4v) is 3.69. The summed E-state index contributed by atoms with van der Waals surface area (Å²) in [5, 5.41) is 11.6. The van der Waals surface area contributed by atoms with Crippen molar-refractivity contribution in [2.24, 2.45) is 0 Å². The van der Waals surface area contributed by atoms with Gasteiger partial charge < -0.3 is 5.11 Å². The molecule has 0 fully saturated rings. The Morgan fingerprint density at radius 3 is 2.62 bits per heavy atom. The van der Waals surface area contributed by atoms with Crippen LogP contribution in [0.4, 0.5) is 0 Å². The van der Waals surface area contributed by atoms with Crippen molar-refractivity contribution in [3.63, 3.8) is 0 Å². The Bertz CT molecular complexity index is 710. The lowest BCUT2D eigenvalue weighted by atomic mass is 9.89. The lowest BCUT2D eigenvalue weighted by Gasteiger charge is -2.16. The fourth-order valence-electron chi connectivity index (χ4n) is 2.83. The van der Waals surface area contributed by atoms with Crippen LogP contribution in [0.15, 0.2) is 29.6 Å². The topological polar surface area (TPSA) is 37.3 Å². The van der Waals surface area contributed by atoms with Crippen molar-refractivity contribution >= 4 is 29.0 Å². The predicted molar refractivity (Wildman–Crippen MR) is 87.6 cm³/mol. The Balaban J connectivity index is 2.04. The minimum atomic E-state index is -0.862. The van der Waals surface area contributed by atoms with E-state index in [0.717, 1.165) is 28.8 Å². The Labute approximate surface area is 128 Å². The number of carboxylic acid groups (broad SMARTS) is 1. The van der Waals surface area contributed by atoms with E-state index in [9.17, 15) is 9.90 Å². The van der Waals surface area contributed by atoms with Crippen molar-refractivity contribution in [3.8, 4) is 0 Å². The van der Waals surface area contributed by atoms with E-state index in [0.29, 0.717) is 5.57 Å². The quantitative estimate of drug-likeness (QED) is 0.843. The molecule has 0 saturated heterocycles. The molecule has 108 valence electrons. The zero-order valence-electron chi connectivity index (χ0n) is 12.1. The van der Waals surface area contributed by atoms with Crippen LogP contribution in [0.25, 0.3) is 11.6 Å². The highest BCUT2D eigenvalue weighted by atomic mass is 32.1. The first kappa shape index (κ1) is 14.1. The summed E-state index contributed by atoms with van der Waals surface area (Å²) in [4.78, 5) is 12.7. The van der Waals surface area contributed by atoms with Gasteiger partial charge in [0.25, 0.3) is 0 Å². The highest BCUT2D eigenvalue weighted by molar-refractivity contribution is 7.11. The van der Waals surface area contributed by atoms with E-state index in [1.165, 1.54) is 24.0 Å². The smallest absolute Gasteiger partial charge is 0.336 e. The van der Waals surface area contributed by atoms with Crippen LogP contribution in [-0.4, -0.2) is 11.1 Å². The lowest BCUT2D eigenvalue weighted by Crippen LogP contribution is -2.05. The molecule has 1 aromatic carbocycles. The zero-order valence-corrected chi connectivity index (χ0v) is 12.9. The second-order valence-corrected chi connectivity index (χ2v) is 6.47. The molecule has 0 unspecified atom stereocenters. The van der Waals surface area contributed by atoms with Gasteiger partial charge in [-0.05, 0) is 72.4 Å². The van der Waals surface area contributed by atoms with Gasteiger partial charge in [-0.25, -0.2) is 4.79 Å². The van der Waals surface area contributed by atoms with Crippen LogP contribution in [-0.2, 0) is 17.6 Å². The van der Waals surface area contributed by atoms with Crippen molar-refractivity contribution in [1.29, 1.82) is 0 Å². The standard InChI is InChI=1S/C18H18O2S/c1-12-8-9-21-17(12)11-16(18(19)20)15-7-6-13-4-2-3-5-14(13)10-15/h6-11H,2-5H2,1H3,(H,19,20)/b16-11-. The summed E-state index contributed by atoms with van der Waals surface area (Å²) in [6, 6.07) is 8.13. The lowest BCUT2D eigenvalue weighted by molar-refractivity contribution is -0.130. The van der Waals surface area contributed by atoms with Gasteiger partial charge >= 0.3 is 5.97 Å². The third kappa shape index (κ3) is 2.93. The molecule has 2 aromatic rings. The van der Waals surface area contributed by atoms with Crippen molar-refractivity contribution < 1.29 is 9.90 Å².